The lowest BCUT2D eigenvalue weighted by molar-refractivity contribution is 0.194. The van der Waals surface area contributed by atoms with Gasteiger partial charge in [0.05, 0.1) is 0 Å². The van der Waals surface area contributed by atoms with E-state index < -0.39 is 6.09 Å². The number of nitrogens with one attached hydrogen (secondary N) is 1. The van der Waals surface area contributed by atoms with E-state index in [9.17, 15) is 4.79 Å². The molecular formula is C5H13ClN2O2. The summed E-state index contributed by atoms with van der Waals surface area (Å²) >= 11 is 0. The molecule has 0 saturated carbocycles. The first kappa shape index (κ1) is 12.2. The Morgan fingerprint density at radius 1 is 1.80 bits per heavy atom. The lowest BCUT2D eigenvalue weighted by Gasteiger charge is -2.02. The van der Waals surface area contributed by atoms with Crippen molar-refractivity contribution in [2.24, 2.45) is 5.73 Å². The molecule has 0 aliphatic rings. The summed E-state index contributed by atoms with van der Waals surface area (Å²) in [5.74, 6) is 0. The summed E-state index contributed by atoms with van der Waals surface area (Å²) < 4.78 is 0. The van der Waals surface area contributed by atoms with Crippen LogP contribution in [0.5, 0.6) is 0 Å². The Balaban J connectivity index is 0. The normalized spacial score (nSPS) is 11.4. The highest BCUT2D eigenvalue weighted by atomic mass is 35.5. The maximum absolute atomic E-state index is 9.83. The molecule has 0 aromatic carbocycles. The summed E-state index contributed by atoms with van der Waals surface area (Å²) in [6, 6.07) is 0.0665. The molecule has 62 valence electrons. The number of nitrogens with two attached hydrogens (primary N) is 1. The van der Waals surface area contributed by atoms with Crippen LogP contribution in [-0.2, 0) is 0 Å². The summed E-state index contributed by atoms with van der Waals surface area (Å²) in [5, 5.41) is 10.3. The van der Waals surface area contributed by atoms with Gasteiger partial charge >= 0.3 is 6.09 Å². The van der Waals surface area contributed by atoms with Gasteiger partial charge in [0.2, 0.25) is 0 Å². The van der Waals surface area contributed by atoms with E-state index in [1.165, 1.54) is 0 Å². The van der Waals surface area contributed by atoms with E-state index in [0.717, 1.165) is 0 Å². The van der Waals surface area contributed by atoms with Gasteiger partial charge in [-0.25, -0.2) is 4.79 Å². The Hall–Kier alpha value is -0.480. The zero-order chi connectivity index (χ0) is 7.28. The number of hydrogen-bond donors (Lipinski definition) is 3. The summed E-state index contributed by atoms with van der Waals surface area (Å²) in [4.78, 5) is 9.83. The van der Waals surface area contributed by atoms with Crippen LogP contribution >= 0.6 is 12.4 Å². The fourth-order valence-corrected chi connectivity index (χ4v) is 0.407. The summed E-state index contributed by atoms with van der Waals surface area (Å²) in [6.45, 7) is 2.27. The average Bonchev–Trinajstić information content (AvgIpc) is 1.63. The van der Waals surface area contributed by atoms with Gasteiger partial charge in [0.15, 0.2) is 0 Å². The molecule has 0 heterocycles. The Labute approximate surface area is 66.2 Å². The molecule has 1 amide bonds. The van der Waals surface area contributed by atoms with Crippen LogP contribution < -0.4 is 11.1 Å². The Kier molecular flexibility index (Phi) is 8.11. The van der Waals surface area contributed by atoms with Crippen LogP contribution in [0.25, 0.3) is 0 Å². The standard InChI is InChI=1S/C5H12N2O2.ClH/c1-4(6)2-3-7-5(8)9;/h4,7H,2-3,6H2,1H3,(H,8,9);1H. The van der Waals surface area contributed by atoms with Crippen molar-refractivity contribution in [3.8, 4) is 0 Å². The molecule has 0 aliphatic carbocycles. The molecule has 10 heavy (non-hydrogen) atoms. The van der Waals surface area contributed by atoms with Gasteiger partial charge in [-0.2, -0.15) is 0 Å². The number of rotatable bonds is 3. The second-order valence-corrected chi connectivity index (χ2v) is 2.00. The van der Waals surface area contributed by atoms with Crippen molar-refractivity contribution in [3.63, 3.8) is 0 Å². The molecule has 0 radical (unpaired) electrons. The van der Waals surface area contributed by atoms with Gasteiger partial charge in [-0.3, -0.25) is 0 Å². The van der Waals surface area contributed by atoms with Crippen molar-refractivity contribution < 1.29 is 9.90 Å². The number of hydrogen-bond acceptors (Lipinski definition) is 2. The molecule has 0 fully saturated rings. The predicted molar refractivity (Wildman–Crippen MR) is 41.5 cm³/mol. The van der Waals surface area contributed by atoms with Gasteiger partial charge in [0, 0.05) is 12.6 Å². The number of halogens is 1. The largest absolute Gasteiger partial charge is 0.465 e. The van der Waals surface area contributed by atoms with Crippen LogP contribution in [0.1, 0.15) is 13.3 Å². The zero-order valence-corrected chi connectivity index (χ0v) is 6.65. The van der Waals surface area contributed by atoms with E-state index in [0.29, 0.717) is 13.0 Å². The van der Waals surface area contributed by atoms with Crippen LogP contribution in [0.2, 0.25) is 0 Å². The molecule has 0 aromatic heterocycles. The third-order valence-corrected chi connectivity index (χ3v) is 0.876. The molecule has 0 saturated heterocycles. The molecule has 1 atom stereocenters. The minimum atomic E-state index is -0.990. The van der Waals surface area contributed by atoms with Crippen LogP contribution in [0.3, 0.4) is 0 Å². The van der Waals surface area contributed by atoms with Crippen molar-refractivity contribution in [2.75, 3.05) is 6.54 Å². The number of carboxylic acid groups (broad SMARTS) is 1. The lowest BCUT2D eigenvalue weighted by atomic mass is 10.2. The molecule has 4 N–H and O–H groups in total. The van der Waals surface area contributed by atoms with Crippen molar-refractivity contribution in [2.45, 2.75) is 19.4 Å². The van der Waals surface area contributed by atoms with Gasteiger partial charge in [-0.15, -0.1) is 12.4 Å². The van der Waals surface area contributed by atoms with E-state index in [4.69, 9.17) is 10.8 Å². The van der Waals surface area contributed by atoms with Crippen molar-refractivity contribution >= 4 is 18.5 Å². The quantitative estimate of drug-likeness (QED) is 0.572. The third kappa shape index (κ3) is 10.5. The topological polar surface area (TPSA) is 75.3 Å². The molecule has 1 unspecified atom stereocenters. The van der Waals surface area contributed by atoms with Crippen LogP contribution in [-0.4, -0.2) is 23.8 Å². The van der Waals surface area contributed by atoms with E-state index in [-0.39, 0.29) is 18.4 Å². The van der Waals surface area contributed by atoms with E-state index in [1.807, 2.05) is 6.92 Å². The third-order valence-electron chi connectivity index (χ3n) is 0.876. The Bertz CT molecular complexity index is 97.6. The predicted octanol–water partition coefficient (Wildman–Crippen LogP) is 0.413. The smallest absolute Gasteiger partial charge is 0.404 e. The van der Waals surface area contributed by atoms with Gasteiger partial charge in [0.25, 0.3) is 0 Å². The van der Waals surface area contributed by atoms with Crippen molar-refractivity contribution in [3.05, 3.63) is 0 Å². The fraction of sp³-hybridized carbons (Fsp3) is 0.800. The maximum atomic E-state index is 9.83. The van der Waals surface area contributed by atoms with Gasteiger partial charge < -0.3 is 16.2 Å². The summed E-state index contributed by atoms with van der Waals surface area (Å²) in [5.41, 5.74) is 5.35. The van der Waals surface area contributed by atoms with Crippen molar-refractivity contribution in [1.29, 1.82) is 0 Å². The van der Waals surface area contributed by atoms with Crippen LogP contribution in [0.15, 0.2) is 0 Å². The highest BCUT2D eigenvalue weighted by Gasteiger charge is 1.95. The SMILES string of the molecule is CC(N)CCNC(=O)O.Cl. The molecule has 0 aromatic rings. The fourth-order valence-electron chi connectivity index (χ4n) is 0.407. The molecular weight excluding hydrogens is 156 g/mol. The molecule has 0 rings (SSSR count). The minimum Gasteiger partial charge on any atom is -0.465 e. The molecule has 0 bridgehead atoms. The van der Waals surface area contributed by atoms with Gasteiger partial charge in [-0.05, 0) is 13.3 Å². The maximum Gasteiger partial charge on any atom is 0.404 e. The summed E-state index contributed by atoms with van der Waals surface area (Å²) in [6.07, 6.45) is -0.303. The van der Waals surface area contributed by atoms with E-state index in [1.54, 1.807) is 0 Å². The van der Waals surface area contributed by atoms with Gasteiger partial charge in [0.1, 0.15) is 0 Å². The second-order valence-electron chi connectivity index (χ2n) is 2.00. The highest BCUT2D eigenvalue weighted by Crippen LogP contribution is 1.81. The first-order valence-corrected chi connectivity index (χ1v) is 2.85. The molecule has 4 nitrogen and oxygen atoms in total. The first-order chi connectivity index (χ1) is 4.13. The molecule has 5 heteroatoms. The molecule has 0 aliphatic heterocycles. The lowest BCUT2D eigenvalue weighted by Crippen LogP contribution is -2.27. The Morgan fingerprint density at radius 3 is 2.60 bits per heavy atom. The van der Waals surface area contributed by atoms with Crippen LogP contribution in [0.4, 0.5) is 4.79 Å². The number of amides is 1. The monoisotopic (exact) mass is 168 g/mol. The van der Waals surface area contributed by atoms with Gasteiger partial charge in [-0.1, -0.05) is 0 Å². The zero-order valence-electron chi connectivity index (χ0n) is 5.83. The minimum absolute atomic E-state index is 0. The second kappa shape index (κ2) is 6.64. The Morgan fingerprint density at radius 2 is 2.30 bits per heavy atom. The highest BCUT2D eigenvalue weighted by molar-refractivity contribution is 5.85. The van der Waals surface area contributed by atoms with E-state index >= 15 is 0 Å². The number of carbonyl (C=O) groups is 1. The molecule has 0 spiro atoms. The average molecular weight is 169 g/mol. The first-order valence-electron chi connectivity index (χ1n) is 2.85. The van der Waals surface area contributed by atoms with Crippen LogP contribution in [0, 0.1) is 0 Å². The van der Waals surface area contributed by atoms with Crippen molar-refractivity contribution in [1.82, 2.24) is 5.32 Å². The summed E-state index contributed by atoms with van der Waals surface area (Å²) in [7, 11) is 0. The van der Waals surface area contributed by atoms with E-state index in [2.05, 4.69) is 5.32 Å².